The molecule has 3 rings (SSSR count). The van der Waals surface area contributed by atoms with Gasteiger partial charge in [-0.3, -0.25) is 4.57 Å². The largest absolute Gasteiger partial charge is 0.493 e. The van der Waals surface area contributed by atoms with Gasteiger partial charge in [0.05, 0.1) is 11.2 Å². The van der Waals surface area contributed by atoms with E-state index in [1.54, 1.807) is 19.3 Å². The molecule has 2 aromatic heterocycles. The van der Waals surface area contributed by atoms with Crippen LogP contribution >= 0.6 is 12.2 Å². The molecule has 0 atom stereocenters. The van der Waals surface area contributed by atoms with E-state index < -0.39 is 0 Å². The third-order valence-corrected chi connectivity index (χ3v) is 3.64. The normalized spacial score (nSPS) is 11.3. The number of H-pyrrole nitrogens is 2. The summed E-state index contributed by atoms with van der Waals surface area (Å²) in [6, 6.07) is 4.93. The van der Waals surface area contributed by atoms with Gasteiger partial charge in [-0.15, -0.1) is 0 Å². The van der Waals surface area contributed by atoms with Gasteiger partial charge in [-0.2, -0.15) is 0 Å². The Labute approximate surface area is 113 Å². The predicted molar refractivity (Wildman–Crippen MR) is 73.3 cm³/mol. The minimum Gasteiger partial charge on any atom is -0.493 e. The highest BCUT2D eigenvalue weighted by atomic mass is 32.1. The molecule has 2 heterocycles. The van der Waals surface area contributed by atoms with E-state index in [1.807, 2.05) is 6.07 Å². The Morgan fingerprint density at radius 2 is 2.21 bits per heavy atom. The standard InChI is InChI=1S/C13H12FN3OS/c1-17-12(18)10(16-13(17)19)5-7-6-15-11-8(7)3-2-4-9(11)14/h2-4,6,15,18H,5H2,1H3,(H,16,19). The fourth-order valence-corrected chi connectivity index (χ4v) is 2.41. The molecule has 6 heteroatoms. The maximum atomic E-state index is 13.6. The molecule has 98 valence electrons. The van der Waals surface area contributed by atoms with Crippen LogP contribution in [0.25, 0.3) is 10.9 Å². The number of hydrogen-bond donors (Lipinski definition) is 3. The van der Waals surface area contributed by atoms with Crippen LogP contribution in [0.5, 0.6) is 5.88 Å². The Kier molecular flexibility index (Phi) is 2.67. The zero-order valence-electron chi connectivity index (χ0n) is 10.2. The van der Waals surface area contributed by atoms with E-state index in [9.17, 15) is 9.50 Å². The van der Waals surface area contributed by atoms with Gasteiger partial charge in [0.2, 0.25) is 5.88 Å². The molecular formula is C13H12FN3OS. The molecule has 19 heavy (non-hydrogen) atoms. The lowest BCUT2D eigenvalue weighted by molar-refractivity contribution is 0.426. The summed E-state index contributed by atoms with van der Waals surface area (Å²) in [5.41, 5.74) is 2.01. The van der Waals surface area contributed by atoms with Crippen molar-refractivity contribution in [1.29, 1.82) is 0 Å². The summed E-state index contributed by atoms with van der Waals surface area (Å²) >= 11 is 5.05. The van der Waals surface area contributed by atoms with E-state index in [0.29, 0.717) is 22.4 Å². The van der Waals surface area contributed by atoms with Crippen LogP contribution in [-0.4, -0.2) is 19.6 Å². The SMILES string of the molecule is Cn1c(O)c(Cc2c[nH]c3c(F)cccc23)[nH]c1=S. The van der Waals surface area contributed by atoms with Crippen LogP contribution in [-0.2, 0) is 13.5 Å². The first kappa shape index (κ1) is 12.0. The quantitative estimate of drug-likeness (QED) is 0.631. The first-order valence-corrected chi connectivity index (χ1v) is 6.20. The van der Waals surface area contributed by atoms with Crippen molar-refractivity contribution in [2.45, 2.75) is 6.42 Å². The summed E-state index contributed by atoms with van der Waals surface area (Å²) in [4.78, 5) is 5.86. The number of benzene rings is 1. The van der Waals surface area contributed by atoms with E-state index in [0.717, 1.165) is 10.9 Å². The third kappa shape index (κ3) is 1.84. The average Bonchev–Trinajstić information content (AvgIpc) is 2.90. The Balaban J connectivity index is 2.09. The van der Waals surface area contributed by atoms with Crippen molar-refractivity contribution in [1.82, 2.24) is 14.5 Å². The molecule has 0 aliphatic carbocycles. The number of fused-ring (bicyclic) bond motifs is 1. The lowest BCUT2D eigenvalue weighted by Crippen LogP contribution is -1.89. The number of para-hydroxylation sites is 1. The molecule has 0 aliphatic rings. The molecule has 3 N–H and O–H groups in total. The number of aromatic hydroxyl groups is 1. The number of nitrogens with zero attached hydrogens (tertiary/aromatic N) is 1. The molecule has 1 aromatic carbocycles. The third-order valence-electron chi connectivity index (χ3n) is 3.27. The van der Waals surface area contributed by atoms with E-state index in [4.69, 9.17) is 12.2 Å². The van der Waals surface area contributed by atoms with E-state index in [1.165, 1.54) is 10.6 Å². The van der Waals surface area contributed by atoms with Gasteiger partial charge < -0.3 is 15.1 Å². The van der Waals surface area contributed by atoms with Crippen LogP contribution in [0, 0.1) is 10.6 Å². The maximum absolute atomic E-state index is 13.6. The van der Waals surface area contributed by atoms with Crippen molar-refractivity contribution >= 4 is 23.1 Å². The summed E-state index contributed by atoms with van der Waals surface area (Å²) in [5, 5.41) is 10.7. The first-order chi connectivity index (χ1) is 9.08. The second kappa shape index (κ2) is 4.24. The van der Waals surface area contributed by atoms with Crippen molar-refractivity contribution in [3.05, 3.63) is 46.2 Å². The van der Waals surface area contributed by atoms with Crippen molar-refractivity contribution < 1.29 is 9.50 Å². The molecule has 0 saturated carbocycles. The van der Waals surface area contributed by atoms with Crippen LogP contribution in [0.4, 0.5) is 4.39 Å². The van der Waals surface area contributed by atoms with Crippen LogP contribution in [0.3, 0.4) is 0 Å². The Bertz CT molecular complexity index is 815. The maximum Gasteiger partial charge on any atom is 0.213 e. The molecule has 0 amide bonds. The average molecular weight is 277 g/mol. The highest BCUT2D eigenvalue weighted by Crippen LogP contribution is 2.25. The topological polar surface area (TPSA) is 56.7 Å². The van der Waals surface area contributed by atoms with E-state index in [2.05, 4.69) is 9.97 Å². The number of aromatic nitrogens is 3. The molecule has 0 unspecified atom stereocenters. The Morgan fingerprint density at radius 3 is 2.89 bits per heavy atom. The molecule has 0 aliphatic heterocycles. The number of rotatable bonds is 2. The van der Waals surface area contributed by atoms with Crippen molar-refractivity contribution in [2.75, 3.05) is 0 Å². The Morgan fingerprint density at radius 1 is 1.42 bits per heavy atom. The number of halogens is 1. The van der Waals surface area contributed by atoms with E-state index in [-0.39, 0.29) is 11.7 Å². The van der Waals surface area contributed by atoms with Crippen LogP contribution in [0.15, 0.2) is 24.4 Å². The summed E-state index contributed by atoms with van der Waals surface area (Å²) in [6.07, 6.45) is 2.21. The highest BCUT2D eigenvalue weighted by molar-refractivity contribution is 7.71. The second-order valence-electron chi connectivity index (χ2n) is 4.44. The molecule has 4 nitrogen and oxygen atoms in total. The molecule has 0 spiro atoms. The number of imidazole rings is 1. The first-order valence-electron chi connectivity index (χ1n) is 5.79. The van der Waals surface area contributed by atoms with Gasteiger partial charge in [0.1, 0.15) is 5.82 Å². The second-order valence-corrected chi connectivity index (χ2v) is 4.83. The molecule has 0 radical (unpaired) electrons. The van der Waals surface area contributed by atoms with Gasteiger partial charge in [0, 0.05) is 25.1 Å². The molecule has 0 saturated heterocycles. The number of nitrogens with one attached hydrogen (secondary N) is 2. The summed E-state index contributed by atoms with van der Waals surface area (Å²) in [7, 11) is 1.69. The fraction of sp³-hybridized carbons (Fsp3) is 0.154. The summed E-state index contributed by atoms with van der Waals surface area (Å²) < 4.78 is 15.5. The highest BCUT2D eigenvalue weighted by Gasteiger charge is 2.12. The van der Waals surface area contributed by atoms with E-state index >= 15 is 0 Å². The van der Waals surface area contributed by atoms with Crippen molar-refractivity contribution in [3.63, 3.8) is 0 Å². The number of hydrogen-bond acceptors (Lipinski definition) is 2. The van der Waals surface area contributed by atoms with Crippen LogP contribution in [0.2, 0.25) is 0 Å². The van der Waals surface area contributed by atoms with Crippen molar-refractivity contribution in [3.8, 4) is 5.88 Å². The fourth-order valence-electron chi connectivity index (χ4n) is 2.20. The van der Waals surface area contributed by atoms with Gasteiger partial charge in [0.15, 0.2) is 4.77 Å². The molecule has 0 fully saturated rings. The van der Waals surface area contributed by atoms with Gasteiger partial charge in [-0.1, -0.05) is 12.1 Å². The van der Waals surface area contributed by atoms with Crippen molar-refractivity contribution in [2.24, 2.45) is 7.05 Å². The van der Waals surface area contributed by atoms with Gasteiger partial charge in [0.25, 0.3) is 0 Å². The smallest absolute Gasteiger partial charge is 0.213 e. The van der Waals surface area contributed by atoms with Gasteiger partial charge in [-0.25, -0.2) is 4.39 Å². The zero-order valence-corrected chi connectivity index (χ0v) is 11.0. The molecular weight excluding hydrogens is 265 g/mol. The monoisotopic (exact) mass is 277 g/mol. The lowest BCUT2D eigenvalue weighted by atomic mass is 10.1. The summed E-state index contributed by atoms with van der Waals surface area (Å²) in [5.74, 6) is -0.176. The van der Waals surface area contributed by atoms with Crippen LogP contribution < -0.4 is 0 Å². The zero-order chi connectivity index (χ0) is 13.6. The molecule has 0 bridgehead atoms. The molecule has 3 aromatic rings. The van der Waals surface area contributed by atoms with Gasteiger partial charge in [-0.05, 0) is 23.8 Å². The van der Waals surface area contributed by atoms with Crippen LogP contribution in [0.1, 0.15) is 11.3 Å². The predicted octanol–water partition coefficient (Wildman–Crippen LogP) is 3.00. The lowest BCUT2D eigenvalue weighted by Gasteiger charge is -1.99. The number of aromatic amines is 2. The minimum absolute atomic E-state index is 0.107. The minimum atomic E-state index is -0.283. The Hall–Kier alpha value is -2.08. The van der Waals surface area contributed by atoms with Gasteiger partial charge >= 0.3 is 0 Å². The summed E-state index contributed by atoms with van der Waals surface area (Å²) in [6.45, 7) is 0.